The first kappa shape index (κ1) is 13.0. The molecule has 2 heteroatoms. The van der Waals surface area contributed by atoms with Gasteiger partial charge in [-0.2, -0.15) is 0 Å². The fourth-order valence-corrected chi connectivity index (χ4v) is 2.68. The summed E-state index contributed by atoms with van der Waals surface area (Å²) in [5.74, 6) is 0. The van der Waals surface area contributed by atoms with E-state index in [0.29, 0.717) is 0 Å². The summed E-state index contributed by atoms with van der Waals surface area (Å²) in [7, 11) is 0. The lowest BCUT2D eigenvalue weighted by atomic mass is 9.82. The molecule has 0 unspecified atom stereocenters. The molecule has 1 aromatic rings. The molecule has 0 amide bonds. The van der Waals surface area contributed by atoms with E-state index in [4.69, 9.17) is 0 Å². The minimum atomic E-state index is 0.192. The second-order valence-corrected chi connectivity index (χ2v) is 5.89. The van der Waals surface area contributed by atoms with E-state index in [-0.39, 0.29) is 5.41 Å². The molecule has 0 aliphatic carbocycles. The standard InChI is InChI=1S/C16H23N2/c1-6-18-15(10-11-17-18)13-8-7-9-14(12(13)2)16(3,4)5/h7-9,11H,6,10H2,1-5H3/q+1. The van der Waals surface area contributed by atoms with Crippen LogP contribution < -0.4 is 0 Å². The van der Waals surface area contributed by atoms with E-state index < -0.39 is 0 Å². The maximum Gasteiger partial charge on any atom is 0.221 e. The highest BCUT2D eigenvalue weighted by atomic mass is 15.4. The summed E-state index contributed by atoms with van der Waals surface area (Å²) in [6.45, 7) is 12.1. The Bertz CT molecular complexity index is 516. The van der Waals surface area contributed by atoms with Crippen molar-refractivity contribution in [3.63, 3.8) is 0 Å². The fraction of sp³-hybridized carbons (Fsp3) is 0.500. The number of rotatable bonds is 2. The molecular weight excluding hydrogens is 220 g/mol. The maximum absolute atomic E-state index is 4.42. The maximum atomic E-state index is 4.42. The van der Waals surface area contributed by atoms with Gasteiger partial charge in [0.25, 0.3) is 0 Å². The summed E-state index contributed by atoms with van der Waals surface area (Å²) in [6, 6.07) is 6.63. The van der Waals surface area contributed by atoms with Crippen molar-refractivity contribution in [3.05, 3.63) is 34.9 Å². The van der Waals surface area contributed by atoms with Crippen LogP contribution in [0.3, 0.4) is 0 Å². The van der Waals surface area contributed by atoms with E-state index in [9.17, 15) is 0 Å². The number of benzene rings is 1. The number of hydrazone groups is 1. The van der Waals surface area contributed by atoms with Crippen molar-refractivity contribution in [2.75, 3.05) is 6.54 Å². The zero-order valence-electron chi connectivity index (χ0n) is 12.1. The molecule has 0 N–H and O–H groups in total. The Labute approximate surface area is 110 Å². The summed E-state index contributed by atoms with van der Waals surface area (Å²) in [6.07, 6.45) is 2.95. The van der Waals surface area contributed by atoms with Crippen molar-refractivity contribution >= 4 is 11.9 Å². The van der Waals surface area contributed by atoms with Crippen LogP contribution in [0.1, 0.15) is 50.8 Å². The van der Waals surface area contributed by atoms with Gasteiger partial charge in [0.1, 0.15) is 0 Å². The average molecular weight is 243 g/mol. The van der Waals surface area contributed by atoms with Crippen molar-refractivity contribution in [3.8, 4) is 0 Å². The van der Waals surface area contributed by atoms with Crippen LogP contribution in [0.4, 0.5) is 0 Å². The Morgan fingerprint density at radius 1 is 1.28 bits per heavy atom. The first-order chi connectivity index (χ1) is 8.45. The van der Waals surface area contributed by atoms with E-state index in [2.05, 4.69) is 62.6 Å². The first-order valence-electron chi connectivity index (χ1n) is 6.71. The Kier molecular flexibility index (Phi) is 3.38. The summed E-state index contributed by atoms with van der Waals surface area (Å²) in [5.41, 5.74) is 5.69. The smallest absolute Gasteiger partial charge is 0.0880 e. The van der Waals surface area contributed by atoms with Gasteiger partial charge in [-0.3, -0.25) is 0 Å². The SMILES string of the molecule is CC[N+]1=C(c2cccc(C(C)(C)C)c2C)CC=N1. The Morgan fingerprint density at radius 3 is 2.61 bits per heavy atom. The highest BCUT2D eigenvalue weighted by Gasteiger charge is 2.25. The zero-order valence-corrected chi connectivity index (χ0v) is 12.1. The molecule has 2 nitrogen and oxygen atoms in total. The third-order valence-corrected chi connectivity index (χ3v) is 3.57. The minimum absolute atomic E-state index is 0.192. The van der Waals surface area contributed by atoms with Gasteiger partial charge < -0.3 is 0 Å². The van der Waals surface area contributed by atoms with E-state index in [0.717, 1.165) is 13.0 Å². The fourth-order valence-electron chi connectivity index (χ4n) is 2.68. The molecule has 1 heterocycles. The van der Waals surface area contributed by atoms with E-state index >= 15 is 0 Å². The van der Waals surface area contributed by atoms with Crippen LogP contribution in [-0.4, -0.2) is 23.2 Å². The Hall–Kier alpha value is -1.44. The molecule has 0 bridgehead atoms. The molecule has 1 aliphatic rings. The van der Waals surface area contributed by atoms with Gasteiger partial charge in [-0.1, -0.05) is 37.6 Å². The van der Waals surface area contributed by atoms with Crippen LogP contribution in [0.15, 0.2) is 23.3 Å². The van der Waals surface area contributed by atoms with Crippen LogP contribution in [0.5, 0.6) is 0 Å². The van der Waals surface area contributed by atoms with Crippen molar-refractivity contribution in [2.24, 2.45) is 5.10 Å². The lowest BCUT2D eigenvalue weighted by molar-refractivity contribution is -0.526. The topological polar surface area (TPSA) is 15.4 Å². The minimum Gasteiger partial charge on any atom is -0.0880 e. The molecule has 18 heavy (non-hydrogen) atoms. The molecule has 0 fully saturated rings. The van der Waals surface area contributed by atoms with Gasteiger partial charge in [0.2, 0.25) is 5.71 Å². The monoisotopic (exact) mass is 243 g/mol. The molecule has 0 radical (unpaired) electrons. The van der Waals surface area contributed by atoms with Crippen molar-refractivity contribution < 1.29 is 4.68 Å². The number of nitrogens with zero attached hydrogens (tertiary/aromatic N) is 2. The normalized spacial score (nSPS) is 15.6. The largest absolute Gasteiger partial charge is 0.221 e. The molecule has 0 aromatic heterocycles. The molecule has 0 saturated carbocycles. The third-order valence-electron chi connectivity index (χ3n) is 3.57. The number of hydrogen-bond acceptors (Lipinski definition) is 1. The molecule has 0 spiro atoms. The van der Waals surface area contributed by atoms with E-state index in [1.807, 2.05) is 6.21 Å². The Balaban J connectivity index is 2.55. The van der Waals surface area contributed by atoms with E-state index in [1.54, 1.807) is 0 Å². The van der Waals surface area contributed by atoms with Crippen molar-refractivity contribution in [1.29, 1.82) is 0 Å². The van der Waals surface area contributed by atoms with Crippen LogP contribution >= 0.6 is 0 Å². The highest BCUT2D eigenvalue weighted by Crippen LogP contribution is 2.28. The molecule has 1 aromatic carbocycles. The summed E-state index contributed by atoms with van der Waals surface area (Å²) in [4.78, 5) is 0. The van der Waals surface area contributed by atoms with Crippen LogP contribution in [0.25, 0.3) is 0 Å². The molecule has 2 rings (SSSR count). The van der Waals surface area contributed by atoms with Crippen molar-refractivity contribution in [1.82, 2.24) is 0 Å². The number of hydrogen-bond donors (Lipinski definition) is 0. The highest BCUT2D eigenvalue weighted by molar-refractivity contribution is 6.06. The predicted octanol–water partition coefficient (Wildman–Crippen LogP) is 3.50. The lowest BCUT2D eigenvalue weighted by Crippen LogP contribution is -2.18. The second-order valence-electron chi connectivity index (χ2n) is 5.89. The average Bonchev–Trinajstić information content (AvgIpc) is 2.75. The van der Waals surface area contributed by atoms with Gasteiger partial charge in [0.15, 0.2) is 6.54 Å². The summed E-state index contributed by atoms with van der Waals surface area (Å²) < 4.78 is 2.11. The van der Waals surface area contributed by atoms with Crippen LogP contribution in [-0.2, 0) is 5.41 Å². The van der Waals surface area contributed by atoms with Gasteiger partial charge in [-0.15, -0.1) is 0 Å². The molecule has 0 saturated heterocycles. The second kappa shape index (κ2) is 4.68. The van der Waals surface area contributed by atoms with Gasteiger partial charge >= 0.3 is 0 Å². The van der Waals surface area contributed by atoms with Crippen LogP contribution in [0.2, 0.25) is 0 Å². The Morgan fingerprint density at radius 2 is 2.00 bits per heavy atom. The first-order valence-corrected chi connectivity index (χ1v) is 6.71. The molecule has 96 valence electrons. The third kappa shape index (κ3) is 2.24. The summed E-state index contributed by atoms with van der Waals surface area (Å²) >= 11 is 0. The van der Waals surface area contributed by atoms with Crippen molar-refractivity contribution in [2.45, 2.75) is 46.5 Å². The van der Waals surface area contributed by atoms with Gasteiger partial charge in [-0.25, -0.2) is 0 Å². The lowest BCUT2D eigenvalue weighted by Gasteiger charge is -2.22. The molecule has 0 atom stereocenters. The van der Waals surface area contributed by atoms with Crippen LogP contribution in [0, 0.1) is 6.92 Å². The quantitative estimate of drug-likeness (QED) is 0.706. The summed E-state index contributed by atoms with van der Waals surface area (Å²) in [5, 5.41) is 4.42. The van der Waals surface area contributed by atoms with Gasteiger partial charge in [-0.05, 0) is 41.6 Å². The van der Waals surface area contributed by atoms with Gasteiger partial charge in [0, 0.05) is 5.56 Å². The zero-order chi connectivity index (χ0) is 13.3. The molecular formula is C16H23N2+. The predicted molar refractivity (Wildman–Crippen MR) is 77.9 cm³/mol. The molecule has 1 aliphatic heterocycles. The van der Waals surface area contributed by atoms with Gasteiger partial charge in [0.05, 0.1) is 12.6 Å². The van der Waals surface area contributed by atoms with E-state index in [1.165, 1.54) is 22.4 Å².